The van der Waals surface area contributed by atoms with Crippen LogP contribution in [-0.4, -0.2) is 11.7 Å². The molecule has 1 rings (SSSR count). The van der Waals surface area contributed by atoms with E-state index in [0.717, 1.165) is 0 Å². The lowest BCUT2D eigenvalue weighted by Gasteiger charge is -2.09. The molecule has 0 saturated carbocycles. The Labute approximate surface area is 83.1 Å². The molecule has 0 aliphatic rings. The molecule has 1 N–H and O–H groups in total. The third kappa shape index (κ3) is 3.15. The number of benzene rings is 1. The Bertz CT molecular complexity index is 284. The standard InChI is InChI=1S/C10H13ClO2/c1-7(2)6-13-10-5-8(11)3-4-9(10)12/h3-5,7,12H,6H2,1-2H3. The van der Waals surface area contributed by atoms with Crippen molar-refractivity contribution in [3.63, 3.8) is 0 Å². The minimum Gasteiger partial charge on any atom is -0.504 e. The van der Waals surface area contributed by atoms with Crippen molar-refractivity contribution in [3.8, 4) is 11.5 Å². The number of rotatable bonds is 3. The first-order valence-corrected chi connectivity index (χ1v) is 4.58. The van der Waals surface area contributed by atoms with E-state index in [1.807, 2.05) is 13.8 Å². The maximum atomic E-state index is 9.36. The van der Waals surface area contributed by atoms with Gasteiger partial charge in [-0.25, -0.2) is 0 Å². The quantitative estimate of drug-likeness (QED) is 0.813. The molecule has 13 heavy (non-hydrogen) atoms. The normalized spacial score (nSPS) is 10.5. The Morgan fingerprint density at radius 2 is 2.15 bits per heavy atom. The van der Waals surface area contributed by atoms with E-state index in [1.54, 1.807) is 12.1 Å². The maximum Gasteiger partial charge on any atom is 0.162 e. The Morgan fingerprint density at radius 1 is 1.46 bits per heavy atom. The Morgan fingerprint density at radius 3 is 2.77 bits per heavy atom. The molecular weight excluding hydrogens is 188 g/mol. The third-order valence-corrected chi connectivity index (χ3v) is 1.73. The van der Waals surface area contributed by atoms with Crippen molar-refractivity contribution in [3.05, 3.63) is 23.2 Å². The van der Waals surface area contributed by atoms with Crippen LogP contribution in [0.4, 0.5) is 0 Å². The average molecular weight is 201 g/mol. The number of halogens is 1. The fourth-order valence-corrected chi connectivity index (χ4v) is 1.02. The van der Waals surface area contributed by atoms with E-state index in [0.29, 0.717) is 23.3 Å². The molecule has 0 spiro atoms. The molecule has 0 heterocycles. The first-order valence-electron chi connectivity index (χ1n) is 4.21. The average Bonchev–Trinajstić information content (AvgIpc) is 2.06. The van der Waals surface area contributed by atoms with Gasteiger partial charge in [0, 0.05) is 11.1 Å². The predicted octanol–water partition coefficient (Wildman–Crippen LogP) is 3.08. The lowest BCUT2D eigenvalue weighted by molar-refractivity contribution is 0.259. The zero-order valence-corrected chi connectivity index (χ0v) is 8.51. The highest BCUT2D eigenvalue weighted by atomic mass is 35.5. The first kappa shape index (κ1) is 10.2. The summed E-state index contributed by atoms with van der Waals surface area (Å²) in [6, 6.07) is 4.76. The van der Waals surface area contributed by atoms with E-state index in [4.69, 9.17) is 16.3 Å². The maximum absolute atomic E-state index is 9.36. The van der Waals surface area contributed by atoms with Gasteiger partial charge >= 0.3 is 0 Å². The summed E-state index contributed by atoms with van der Waals surface area (Å²) in [5.74, 6) is 1.00. The summed E-state index contributed by atoms with van der Waals surface area (Å²) >= 11 is 5.74. The molecule has 0 aliphatic heterocycles. The van der Waals surface area contributed by atoms with Crippen LogP contribution in [0.3, 0.4) is 0 Å². The second-order valence-corrected chi connectivity index (χ2v) is 3.75. The molecule has 1 aromatic carbocycles. The summed E-state index contributed by atoms with van der Waals surface area (Å²) in [5, 5.41) is 9.93. The fourth-order valence-electron chi connectivity index (χ4n) is 0.860. The van der Waals surface area contributed by atoms with Crippen molar-refractivity contribution in [1.82, 2.24) is 0 Å². The van der Waals surface area contributed by atoms with E-state index in [9.17, 15) is 5.11 Å². The van der Waals surface area contributed by atoms with Crippen LogP contribution in [0.15, 0.2) is 18.2 Å². The zero-order chi connectivity index (χ0) is 9.84. The minimum absolute atomic E-state index is 0.130. The predicted molar refractivity (Wildman–Crippen MR) is 53.4 cm³/mol. The Balaban J connectivity index is 2.70. The highest BCUT2D eigenvalue weighted by molar-refractivity contribution is 6.30. The van der Waals surface area contributed by atoms with Gasteiger partial charge in [0.25, 0.3) is 0 Å². The topological polar surface area (TPSA) is 29.5 Å². The summed E-state index contributed by atoms with van der Waals surface area (Å²) in [7, 11) is 0. The van der Waals surface area contributed by atoms with E-state index in [1.165, 1.54) is 6.07 Å². The lowest BCUT2D eigenvalue weighted by Crippen LogP contribution is -2.04. The highest BCUT2D eigenvalue weighted by Gasteiger charge is 2.03. The van der Waals surface area contributed by atoms with E-state index < -0.39 is 0 Å². The molecule has 0 bridgehead atoms. The number of phenols is 1. The summed E-state index contributed by atoms with van der Waals surface area (Å²) in [5.41, 5.74) is 0. The van der Waals surface area contributed by atoms with Crippen LogP contribution in [0, 0.1) is 5.92 Å². The number of aromatic hydroxyl groups is 1. The van der Waals surface area contributed by atoms with Gasteiger partial charge in [0.2, 0.25) is 0 Å². The van der Waals surface area contributed by atoms with Crippen LogP contribution >= 0.6 is 11.6 Å². The van der Waals surface area contributed by atoms with Crippen molar-refractivity contribution < 1.29 is 9.84 Å². The van der Waals surface area contributed by atoms with Gasteiger partial charge in [-0.1, -0.05) is 25.4 Å². The molecule has 1 aromatic rings. The molecule has 0 saturated heterocycles. The Hall–Kier alpha value is -0.890. The van der Waals surface area contributed by atoms with Crippen molar-refractivity contribution in [2.75, 3.05) is 6.61 Å². The molecule has 0 radical (unpaired) electrons. The number of ether oxygens (including phenoxy) is 1. The van der Waals surface area contributed by atoms with Crippen molar-refractivity contribution in [1.29, 1.82) is 0 Å². The van der Waals surface area contributed by atoms with Crippen LogP contribution in [0.1, 0.15) is 13.8 Å². The molecule has 3 heteroatoms. The van der Waals surface area contributed by atoms with Crippen LogP contribution in [0.25, 0.3) is 0 Å². The molecule has 0 aliphatic carbocycles. The molecule has 0 atom stereocenters. The van der Waals surface area contributed by atoms with Gasteiger partial charge in [-0.3, -0.25) is 0 Å². The summed E-state index contributed by atoms with van der Waals surface area (Å²) in [6.45, 7) is 4.66. The number of phenolic OH excluding ortho intramolecular Hbond substituents is 1. The van der Waals surface area contributed by atoms with Gasteiger partial charge in [0.15, 0.2) is 11.5 Å². The second-order valence-electron chi connectivity index (χ2n) is 3.32. The molecule has 0 fully saturated rings. The molecule has 0 unspecified atom stereocenters. The molecular formula is C10H13ClO2. The Kier molecular flexibility index (Phi) is 3.43. The zero-order valence-electron chi connectivity index (χ0n) is 7.75. The monoisotopic (exact) mass is 200 g/mol. The summed E-state index contributed by atoms with van der Waals surface area (Å²) < 4.78 is 5.34. The van der Waals surface area contributed by atoms with Gasteiger partial charge in [0.05, 0.1) is 6.61 Å². The highest BCUT2D eigenvalue weighted by Crippen LogP contribution is 2.29. The molecule has 72 valence electrons. The van der Waals surface area contributed by atoms with Crippen LogP contribution in [-0.2, 0) is 0 Å². The lowest BCUT2D eigenvalue weighted by atomic mass is 10.2. The van der Waals surface area contributed by atoms with E-state index in [-0.39, 0.29) is 5.75 Å². The van der Waals surface area contributed by atoms with E-state index in [2.05, 4.69) is 0 Å². The fraction of sp³-hybridized carbons (Fsp3) is 0.400. The largest absolute Gasteiger partial charge is 0.504 e. The number of hydrogen-bond donors (Lipinski definition) is 1. The van der Waals surface area contributed by atoms with Gasteiger partial charge in [-0.15, -0.1) is 0 Å². The van der Waals surface area contributed by atoms with Crippen molar-refractivity contribution >= 4 is 11.6 Å². The minimum atomic E-state index is 0.130. The van der Waals surface area contributed by atoms with Gasteiger partial charge in [0.1, 0.15) is 0 Å². The molecule has 0 amide bonds. The van der Waals surface area contributed by atoms with Crippen LogP contribution in [0.2, 0.25) is 5.02 Å². The van der Waals surface area contributed by atoms with Gasteiger partial charge in [-0.2, -0.15) is 0 Å². The molecule has 2 nitrogen and oxygen atoms in total. The summed E-state index contributed by atoms with van der Waals surface area (Å²) in [4.78, 5) is 0. The third-order valence-electron chi connectivity index (χ3n) is 1.49. The summed E-state index contributed by atoms with van der Waals surface area (Å²) in [6.07, 6.45) is 0. The second kappa shape index (κ2) is 4.38. The molecule has 0 aromatic heterocycles. The van der Waals surface area contributed by atoms with Crippen molar-refractivity contribution in [2.24, 2.45) is 5.92 Å². The van der Waals surface area contributed by atoms with E-state index >= 15 is 0 Å². The smallest absolute Gasteiger partial charge is 0.162 e. The van der Waals surface area contributed by atoms with Crippen LogP contribution < -0.4 is 4.74 Å². The van der Waals surface area contributed by atoms with Crippen molar-refractivity contribution in [2.45, 2.75) is 13.8 Å². The van der Waals surface area contributed by atoms with Gasteiger partial charge < -0.3 is 9.84 Å². The first-order chi connectivity index (χ1) is 6.09. The SMILES string of the molecule is CC(C)COc1cc(Cl)ccc1O. The number of hydrogen-bond acceptors (Lipinski definition) is 2. The van der Waals surface area contributed by atoms with Crippen LogP contribution in [0.5, 0.6) is 11.5 Å². The van der Waals surface area contributed by atoms with Gasteiger partial charge in [-0.05, 0) is 18.1 Å².